The molecular weight excluding hydrogens is 278 g/mol. The fourth-order valence-corrected chi connectivity index (χ4v) is 1.88. The first-order valence-corrected chi connectivity index (χ1v) is 6.95. The summed E-state index contributed by atoms with van der Waals surface area (Å²) in [5, 5.41) is 7.40. The quantitative estimate of drug-likeness (QED) is 0.764. The highest BCUT2D eigenvalue weighted by molar-refractivity contribution is 6.30. The first kappa shape index (κ1) is 16.5. The molecule has 3 amide bonds. The van der Waals surface area contributed by atoms with Gasteiger partial charge in [0, 0.05) is 16.6 Å². The smallest absolute Gasteiger partial charge is 0.321 e. The van der Waals surface area contributed by atoms with Gasteiger partial charge in [-0.05, 0) is 32.9 Å². The summed E-state index contributed by atoms with van der Waals surface area (Å²) in [5.74, 6) is -0.322. The summed E-state index contributed by atoms with van der Waals surface area (Å²) in [5.41, 5.74) is 1.04. The number of carbonyl (C=O) groups excluding carboxylic acids is 2. The molecule has 0 spiro atoms. The molecule has 1 aromatic carbocycles. The van der Waals surface area contributed by atoms with Crippen LogP contribution in [0.5, 0.6) is 0 Å². The lowest BCUT2D eigenvalue weighted by Crippen LogP contribution is -2.87. The number of rotatable bonds is 5. The van der Waals surface area contributed by atoms with Crippen LogP contribution in [0.4, 0.5) is 4.79 Å². The first-order chi connectivity index (χ1) is 9.38. The highest BCUT2D eigenvalue weighted by Crippen LogP contribution is 2.14. The van der Waals surface area contributed by atoms with Crippen molar-refractivity contribution >= 4 is 23.5 Å². The number of nitrogens with one attached hydrogen (secondary N) is 2. The maximum atomic E-state index is 11.6. The van der Waals surface area contributed by atoms with Crippen molar-refractivity contribution < 1.29 is 14.9 Å². The van der Waals surface area contributed by atoms with Crippen LogP contribution in [0.25, 0.3) is 0 Å². The third-order valence-corrected chi connectivity index (χ3v) is 2.94. The van der Waals surface area contributed by atoms with E-state index < -0.39 is 6.03 Å². The molecule has 0 radical (unpaired) electrons. The standard InChI is InChI=1S/C14H20ClN3O2/c1-9(2)17-14(20)18-13(19)8-16-10(3)11-5-4-6-12(15)7-11/h4-7,9-10,16H,8H2,1-3H3,(H2,17,18,19,20)/p+1/t10-/m0/s1. The van der Waals surface area contributed by atoms with Crippen LogP contribution in [0.1, 0.15) is 32.4 Å². The number of urea groups is 1. The number of benzene rings is 1. The molecule has 1 aromatic rings. The van der Waals surface area contributed by atoms with Crippen molar-refractivity contribution in [3.05, 3.63) is 34.9 Å². The normalized spacial score (nSPS) is 12.1. The van der Waals surface area contributed by atoms with Gasteiger partial charge in [0.15, 0.2) is 6.54 Å². The summed E-state index contributed by atoms with van der Waals surface area (Å²) in [6.45, 7) is 5.82. The lowest BCUT2D eigenvalue weighted by atomic mass is 10.1. The Morgan fingerprint density at radius 2 is 2.00 bits per heavy atom. The Bertz CT molecular complexity index is 477. The van der Waals surface area contributed by atoms with Gasteiger partial charge in [-0.2, -0.15) is 0 Å². The van der Waals surface area contributed by atoms with Crippen molar-refractivity contribution in [3.63, 3.8) is 0 Å². The van der Waals surface area contributed by atoms with Crippen LogP contribution in [-0.4, -0.2) is 24.5 Å². The van der Waals surface area contributed by atoms with Gasteiger partial charge in [0.1, 0.15) is 6.04 Å². The van der Waals surface area contributed by atoms with Gasteiger partial charge in [-0.15, -0.1) is 0 Å². The van der Waals surface area contributed by atoms with E-state index in [1.165, 1.54) is 0 Å². The average molecular weight is 299 g/mol. The van der Waals surface area contributed by atoms with Crippen molar-refractivity contribution in [1.82, 2.24) is 10.6 Å². The van der Waals surface area contributed by atoms with E-state index in [-0.39, 0.29) is 24.5 Å². The van der Waals surface area contributed by atoms with Gasteiger partial charge in [0.25, 0.3) is 5.91 Å². The summed E-state index contributed by atoms with van der Waals surface area (Å²) < 4.78 is 0. The number of hydrogen-bond donors (Lipinski definition) is 3. The van der Waals surface area contributed by atoms with E-state index in [4.69, 9.17) is 11.6 Å². The molecule has 1 atom stereocenters. The van der Waals surface area contributed by atoms with Crippen LogP contribution >= 0.6 is 11.6 Å². The largest absolute Gasteiger partial charge is 0.336 e. The molecule has 0 aliphatic heterocycles. The molecule has 110 valence electrons. The number of halogens is 1. The lowest BCUT2D eigenvalue weighted by molar-refractivity contribution is -0.682. The zero-order valence-electron chi connectivity index (χ0n) is 11.9. The molecule has 0 bridgehead atoms. The molecule has 0 heterocycles. The summed E-state index contributed by atoms with van der Waals surface area (Å²) >= 11 is 5.92. The Hall–Kier alpha value is -1.59. The van der Waals surface area contributed by atoms with E-state index in [2.05, 4.69) is 10.6 Å². The fraction of sp³-hybridized carbons (Fsp3) is 0.429. The summed E-state index contributed by atoms with van der Waals surface area (Å²) in [7, 11) is 0. The van der Waals surface area contributed by atoms with Crippen LogP contribution in [0, 0.1) is 0 Å². The summed E-state index contributed by atoms with van der Waals surface area (Å²) in [6, 6.07) is 7.13. The minimum absolute atomic E-state index is 0.00263. The van der Waals surface area contributed by atoms with Crippen molar-refractivity contribution in [1.29, 1.82) is 0 Å². The topological polar surface area (TPSA) is 74.8 Å². The second-order valence-electron chi connectivity index (χ2n) is 4.96. The molecular formula is C14H21ClN3O2+. The molecule has 0 saturated carbocycles. The molecule has 0 aliphatic carbocycles. The van der Waals surface area contributed by atoms with Gasteiger partial charge >= 0.3 is 6.03 Å². The number of amides is 3. The number of carbonyl (C=O) groups is 2. The molecule has 1 rings (SSSR count). The molecule has 0 saturated heterocycles. The molecule has 20 heavy (non-hydrogen) atoms. The van der Waals surface area contributed by atoms with Crippen LogP contribution in [0.15, 0.2) is 24.3 Å². The molecule has 0 fully saturated rings. The van der Waals surface area contributed by atoms with Gasteiger partial charge in [-0.25, -0.2) is 4.79 Å². The SMILES string of the molecule is CC(C)NC(=O)NC(=O)C[NH2+][C@@H](C)c1cccc(Cl)c1. The second-order valence-corrected chi connectivity index (χ2v) is 5.40. The van der Waals surface area contributed by atoms with Crippen LogP contribution in [0.2, 0.25) is 5.02 Å². The Balaban J connectivity index is 2.39. The maximum absolute atomic E-state index is 11.6. The van der Waals surface area contributed by atoms with Crippen LogP contribution in [0.3, 0.4) is 0 Å². The van der Waals surface area contributed by atoms with E-state index in [1.807, 2.05) is 44.3 Å². The zero-order chi connectivity index (χ0) is 15.1. The van der Waals surface area contributed by atoms with Gasteiger partial charge in [0.2, 0.25) is 0 Å². The Morgan fingerprint density at radius 3 is 2.60 bits per heavy atom. The van der Waals surface area contributed by atoms with Crippen molar-refractivity contribution in [3.8, 4) is 0 Å². The lowest BCUT2D eigenvalue weighted by Gasteiger charge is -2.12. The van der Waals surface area contributed by atoms with Crippen molar-refractivity contribution in [2.75, 3.05) is 6.54 Å². The fourth-order valence-electron chi connectivity index (χ4n) is 1.69. The molecule has 0 aliphatic rings. The third kappa shape index (κ3) is 6.04. The Labute approximate surface area is 124 Å². The molecule has 4 N–H and O–H groups in total. The number of nitrogens with two attached hydrogens (primary N) is 1. The van der Waals surface area contributed by atoms with E-state index in [0.717, 1.165) is 5.56 Å². The van der Waals surface area contributed by atoms with Gasteiger partial charge in [-0.3, -0.25) is 10.1 Å². The highest BCUT2D eigenvalue weighted by atomic mass is 35.5. The van der Waals surface area contributed by atoms with Gasteiger partial charge < -0.3 is 10.6 Å². The molecule has 0 unspecified atom stereocenters. The number of imide groups is 1. The zero-order valence-corrected chi connectivity index (χ0v) is 12.7. The van der Waals surface area contributed by atoms with Crippen molar-refractivity contribution in [2.24, 2.45) is 0 Å². The second kappa shape index (κ2) is 7.87. The van der Waals surface area contributed by atoms with Crippen molar-refractivity contribution in [2.45, 2.75) is 32.9 Å². The third-order valence-electron chi connectivity index (χ3n) is 2.70. The Kier molecular flexibility index (Phi) is 6.48. The molecule has 5 nitrogen and oxygen atoms in total. The van der Waals surface area contributed by atoms with E-state index in [1.54, 1.807) is 6.07 Å². The predicted molar refractivity (Wildman–Crippen MR) is 78.5 cm³/mol. The minimum Gasteiger partial charge on any atom is -0.336 e. The van der Waals surface area contributed by atoms with Gasteiger partial charge in [-0.1, -0.05) is 23.7 Å². The summed E-state index contributed by atoms with van der Waals surface area (Å²) in [4.78, 5) is 23.0. The number of hydrogen-bond acceptors (Lipinski definition) is 2. The molecule has 6 heteroatoms. The predicted octanol–water partition coefficient (Wildman–Crippen LogP) is 1.20. The molecule has 0 aromatic heterocycles. The minimum atomic E-state index is -0.464. The maximum Gasteiger partial charge on any atom is 0.321 e. The number of quaternary nitrogens is 1. The van der Waals surface area contributed by atoms with E-state index in [9.17, 15) is 9.59 Å². The first-order valence-electron chi connectivity index (χ1n) is 6.57. The highest BCUT2D eigenvalue weighted by Gasteiger charge is 2.14. The van der Waals surface area contributed by atoms with Crippen LogP contribution < -0.4 is 16.0 Å². The average Bonchev–Trinajstić information content (AvgIpc) is 2.34. The van der Waals surface area contributed by atoms with Crippen LogP contribution in [-0.2, 0) is 4.79 Å². The Morgan fingerprint density at radius 1 is 1.30 bits per heavy atom. The van der Waals surface area contributed by atoms with E-state index in [0.29, 0.717) is 5.02 Å². The van der Waals surface area contributed by atoms with E-state index >= 15 is 0 Å². The summed E-state index contributed by atoms with van der Waals surface area (Å²) in [6.07, 6.45) is 0. The van der Waals surface area contributed by atoms with Gasteiger partial charge in [0.05, 0.1) is 0 Å². The monoisotopic (exact) mass is 298 g/mol.